The Morgan fingerprint density at radius 2 is 1.77 bits per heavy atom. The first-order valence-electron chi connectivity index (χ1n) is 7.91. The number of amides is 1. The molecule has 1 N–H and O–H groups in total. The van der Waals surface area contributed by atoms with E-state index in [1.54, 1.807) is 44.6 Å². The highest BCUT2D eigenvalue weighted by Crippen LogP contribution is 2.33. The molecule has 0 spiro atoms. The lowest BCUT2D eigenvalue weighted by Gasteiger charge is -2.08. The maximum atomic E-state index is 12.3. The molecule has 132 valence electrons. The monoisotopic (exact) mass is 352 g/mol. The fraction of sp³-hybridized carbons (Fsp3) is 0.158. The van der Waals surface area contributed by atoms with Gasteiger partial charge < -0.3 is 24.3 Å². The molecule has 0 atom stereocenters. The molecule has 0 bridgehead atoms. The Hall–Kier alpha value is -3.48. The topological polar surface area (TPSA) is 78.4 Å². The fourth-order valence-electron chi connectivity index (χ4n) is 2.71. The van der Waals surface area contributed by atoms with Crippen LogP contribution >= 0.6 is 0 Å². The van der Waals surface area contributed by atoms with Crippen molar-refractivity contribution in [3.63, 3.8) is 0 Å². The number of rotatable bonds is 4. The van der Waals surface area contributed by atoms with Gasteiger partial charge in [0.1, 0.15) is 23.0 Å². The van der Waals surface area contributed by atoms with Crippen molar-refractivity contribution in [3.05, 3.63) is 53.2 Å². The van der Waals surface area contributed by atoms with Crippen molar-refractivity contribution in [3.8, 4) is 23.0 Å². The molecule has 2 heterocycles. The summed E-state index contributed by atoms with van der Waals surface area (Å²) in [5.41, 5.74) is 1.80. The lowest BCUT2D eigenvalue weighted by Crippen LogP contribution is -2.24. The van der Waals surface area contributed by atoms with Crippen molar-refractivity contribution in [1.29, 1.82) is 0 Å². The SMILES string of the molecule is COc1cc(OC)cc(C2=N/C(=C/c3ccc4c(c3)OCO4)C(=O)N2)c1. The van der Waals surface area contributed by atoms with Crippen molar-refractivity contribution in [2.75, 3.05) is 21.0 Å². The summed E-state index contributed by atoms with van der Waals surface area (Å²) in [5.74, 6) is 2.74. The number of nitrogens with zero attached hydrogens (tertiary/aromatic N) is 1. The highest BCUT2D eigenvalue weighted by molar-refractivity contribution is 6.20. The van der Waals surface area contributed by atoms with Crippen molar-refractivity contribution in [2.24, 2.45) is 4.99 Å². The number of benzene rings is 2. The molecule has 0 saturated carbocycles. The molecule has 2 aliphatic rings. The Balaban J connectivity index is 1.67. The third-order valence-electron chi connectivity index (χ3n) is 4.02. The van der Waals surface area contributed by atoms with E-state index < -0.39 is 0 Å². The summed E-state index contributed by atoms with van der Waals surface area (Å²) in [6.07, 6.45) is 1.70. The summed E-state index contributed by atoms with van der Waals surface area (Å²) in [5, 5.41) is 2.77. The lowest BCUT2D eigenvalue weighted by molar-refractivity contribution is -0.115. The van der Waals surface area contributed by atoms with Gasteiger partial charge in [0.2, 0.25) is 6.79 Å². The van der Waals surface area contributed by atoms with Crippen LogP contribution in [0.3, 0.4) is 0 Å². The zero-order valence-electron chi connectivity index (χ0n) is 14.2. The van der Waals surface area contributed by atoms with Gasteiger partial charge in [-0.1, -0.05) is 6.07 Å². The van der Waals surface area contributed by atoms with E-state index >= 15 is 0 Å². The number of amidine groups is 1. The van der Waals surface area contributed by atoms with Crippen LogP contribution in [0.5, 0.6) is 23.0 Å². The molecule has 7 nitrogen and oxygen atoms in total. The van der Waals surface area contributed by atoms with Crippen molar-refractivity contribution < 1.29 is 23.7 Å². The van der Waals surface area contributed by atoms with Gasteiger partial charge in [-0.05, 0) is 35.9 Å². The van der Waals surface area contributed by atoms with E-state index in [0.29, 0.717) is 40.1 Å². The van der Waals surface area contributed by atoms with Crippen molar-refractivity contribution in [1.82, 2.24) is 5.32 Å². The lowest BCUT2D eigenvalue weighted by atomic mass is 10.1. The normalized spacial score (nSPS) is 16.5. The summed E-state index contributed by atoms with van der Waals surface area (Å²) in [6, 6.07) is 10.8. The molecular weight excluding hydrogens is 336 g/mol. The second-order valence-corrected chi connectivity index (χ2v) is 5.66. The summed E-state index contributed by atoms with van der Waals surface area (Å²) in [4.78, 5) is 16.7. The molecule has 0 saturated heterocycles. The molecule has 2 aromatic rings. The predicted octanol–water partition coefficient (Wildman–Crippen LogP) is 2.35. The van der Waals surface area contributed by atoms with Gasteiger partial charge in [-0.2, -0.15) is 0 Å². The van der Waals surface area contributed by atoms with Gasteiger partial charge in [0, 0.05) is 11.6 Å². The summed E-state index contributed by atoms with van der Waals surface area (Å²) >= 11 is 0. The van der Waals surface area contributed by atoms with Gasteiger partial charge in [0.05, 0.1) is 14.2 Å². The molecule has 0 radical (unpaired) electrons. The van der Waals surface area contributed by atoms with E-state index in [0.717, 1.165) is 5.56 Å². The second kappa shape index (κ2) is 6.44. The largest absolute Gasteiger partial charge is 0.497 e. The van der Waals surface area contributed by atoms with Crippen LogP contribution in [0.2, 0.25) is 0 Å². The smallest absolute Gasteiger partial charge is 0.275 e. The number of carbonyl (C=O) groups excluding carboxylic acids is 1. The first-order valence-corrected chi connectivity index (χ1v) is 7.91. The molecule has 0 unspecified atom stereocenters. The van der Waals surface area contributed by atoms with Gasteiger partial charge in [0.25, 0.3) is 5.91 Å². The van der Waals surface area contributed by atoms with E-state index in [1.807, 2.05) is 12.1 Å². The van der Waals surface area contributed by atoms with Crippen molar-refractivity contribution >= 4 is 17.8 Å². The number of methoxy groups -OCH3 is 2. The van der Waals surface area contributed by atoms with Gasteiger partial charge in [0.15, 0.2) is 11.5 Å². The maximum Gasteiger partial charge on any atom is 0.275 e. The van der Waals surface area contributed by atoms with Crippen LogP contribution in [0, 0.1) is 0 Å². The minimum atomic E-state index is -0.278. The number of aliphatic imine (C=N–C) groups is 1. The highest BCUT2D eigenvalue weighted by Gasteiger charge is 2.22. The van der Waals surface area contributed by atoms with Crippen LogP contribution in [0.25, 0.3) is 6.08 Å². The fourth-order valence-corrected chi connectivity index (χ4v) is 2.71. The van der Waals surface area contributed by atoms with E-state index in [2.05, 4.69) is 10.3 Å². The summed E-state index contributed by atoms with van der Waals surface area (Å²) in [7, 11) is 3.14. The molecule has 2 aliphatic heterocycles. The predicted molar refractivity (Wildman–Crippen MR) is 94.8 cm³/mol. The molecular formula is C19H16N2O5. The van der Waals surface area contributed by atoms with E-state index in [-0.39, 0.29) is 12.7 Å². The van der Waals surface area contributed by atoms with Crippen LogP contribution in [0.4, 0.5) is 0 Å². The molecule has 0 aromatic heterocycles. The third-order valence-corrected chi connectivity index (χ3v) is 4.02. The zero-order chi connectivity index (χ0) is 18.1. The van der Waals surface area contributed by atoms with Crippen LogP contribution < -0.4 is 24.3 Å². The third kappa shape index (κ3) is 2.95. The average molecular weight is 352 g/mol. The minimum Gasteiger partial charge on any atom is -0.497 e. The molecule has 0 aliphatic carbocycles. The minimum absolute atomic E-state index is 0.204. The summed E-state index contributed by atoms with van der Waals surface area (Å²) in [6.45, 7) is 0.204. The van der Waals surface area contributed by atoms with Gasteiger partial charge in [-0.3, -0.25) is 4.79 Å². The quantitative estimate of drug-likeness (QED) is 0.855. The molecule has 7 heteroatoms. The molecule has 1 amide bonds. The van der Waals surface area contributed by atoms with Crippen LogP contribution in [-0.2, 0) is 4.79 Å². The summed E-state index contributed by atoms with van der Waals surface area (Å²) < 4.78 is 21.2. The number of hydrogen-bond donors (Lipinski definition) is 1. The number of ether oxygens (including phenoxy) is 4. The zero-order valence-corrected chi connectivity index (χ0v) is 14.2. The number of hydrogen-bond acceptors (Lipinski definition) is 6. The Morgan fingerprint density at radius 3 is 2.50 bits per heavy atom. The van der Waals surface area contributed by atoms with E-state index in [4.69, 9.17) is 18.9 Å². The standard InChI is InChI=1S/C19H16N2O5/c1-23-13-7-12(8-14(9-13)24-2)18-20-15(19(22)21-18)5-11-3-4-16-17(6-11)26-10-25-16/h3-9H,10H2,1-2H3,(H,20,21,22)/b15-5+. The molecule has 2 aromatic carbocycles. The molecule has 0 fully saturated rings. The highest BCUT2D eigenvalue weighted by atomic mass is 16.7. The Morgan fingerprint density at radius 1 is 1.04 bits per heavy atom. The van der Waals surface area contributed by atoms with Gasteiger partial charge in [-0.15, -0.1) is 0 Å². The van der Waals surface area contributed by atoms with Crippen LogP contribution in [0.1, 0.15) is 11.1 Å². The van der Waals surface area contributed by atoms with Crippen molar-refractivity contribution in [2.45, 2.75) is 0 Å². The number of fused-ring (bicyclic) bond motifs is 1. The Kier molecular flexibility index (Phi) is 3.96. The first kappa shape index (κ1) is 16.0. The second-order valence-electron chi connectivity index (χ2n) is 5.66. The van der Waals surface area contributed by atoms with Gasteiger partial charge in [-0.25, -0.2) is 4.99 Å². The molecule has 4 rings (SSSR count). The van der Waals surface area contributed by atoms with E-state index in [1.165, 1.54) is 0 Å². The molecule has 26 heavy (non-hydrogen) atoms. The van der Waals surface area contributed by atoms with E-state index in [9.17, 15) is 4.79 Å². The van der Waals surface area contributed by atoms with Crippen LogP contribution in [0.15, 0.2) is 47.1 Å². The maximum absolute atomic E-state index is 12.3. The first-order chi connectivity index (χ1) is 12.7. The number of carbonyl (C=O) groups is 1. The Labute approximate surface area is 149 Å². The average Bonchev–Trinajstić information content (AvgIpc) is 3.27. The van der Waals surface area contributed by atoms with Crippen LogP contribution in [-0.4, -0.2) is 32.8 Å². The van der Waals surface area contributed by atoms with Gasteiger partial charge >= 0.3 is 0 Å². The Bertz CT molecular complexity index is 927. The number of nitrogens with one attached hydrogen (secondary N) is 1.